The van der Waals surface area contributed by atoms with Gasteiger partial charge in [-0.1, -0.05) is 35.5 Å². The number of pyridine rings is 1. The number of hydrogen-bond donors (Lipinski definition) is 0. The van der Waals surface area contributed by atoms with Crippen LogP contribution < -0.4 is 4.74 Å². The molecule has 0 saturated carbocycles. The Bertz CT molecular complexity index is 634. The molecule has 0 fully saturated rings. The molecule has 0 bridgehead atoms. The normalized spacial score (nSPS) is 10.4. The van der Waals surface area contributed by atoms with Crippen LogP contribution in [0.25, 0.3) is 0 Å². The maximum Gasteiger partial charge on any atom is 0.213 e. The van der Waals surface area contributed by atoms with Crippen LogP contribution in [0.3, 0.4) is 0 Å². The third-order valence-electron chi connectivity index (χ3n) is 2.92. The highest BCUT2D eigenvalue weighted by Crippen LogP contribution is 2.12. The van der Waals surface area contributed by atoms with Crippen molar-refractivity contribution in [2.24, 2.45) is 0 Å². The summed E-state index contributed by atoms with van der Waals surface area (Å²) in [6, 6.07) is 15.8. The Morgan fingerprint density at radius 2 is 1.80 bits per heavy atom. The molecule has 20 heavy (non-hydrogen) atoms. The third kappa shape index (κ3) is 3.23. The summed E-state index contributed by atoms with van der Waals surface area (Å²) in [5, 5.41) is 3.90. The minimum Gasteiger partial charge on any atom is -0.473 e. The number of benzene rings is 1. The predicted molar refractivity (Wildman–Crippen MR) is 74.3 cm³/mol. The fourth-order valence-electron chi connectivity index (χ4n) is 1.88. The number of ether oxygens (including phenoxy) is 1. The number of nitrogens with zero attached hydrogens (tertiary/aromatic N) is 2. The lowest BCUT2D eigenvalue weighted by Crippen LogP contribution is -1.97. The Morgan fingerprint density at radius 3 is 2.50 bits per heavy atom. The first-order valence-corrected chi connectivity index (χ1v) is 6.41. The zero-order chi connectivity index (χ0) is 13.6. The molecule has 100 valence electrons. The van der Waals surface area contributed by atoms with Crippen molar-refractivity contribution in [3.63, 3.8) is 0 Å². The van der Waals surface area contributed by atoms with Crippen molar-refractivity contribution in [3.8, 4) is 5.88 Å². The van der Waals surface area contributed by atoms with Gasteiger partial charge in [-0.25, -0.2) is 4.98 Å². The van der Waals surface area contributed by atoms with Crippen molar-refractivity contribution in [1.29, 1.82) is 0 Å². The van der Waals surface area contributed by atoms with Crippen molar-refractivity contribution in [2.75, 3.05) is 0 Å². The van der Waals surface area contributed by atoms with E-state index < -0.39 is 0 Å². The number of hydrogen-bond acceptors (Lipinski definition) is 4. The van der Waals surface area contributed by atoms with E-state index in [2.05, 4.69) is 34.4 Å². The van der Waals surface area contributed by atoms with Gasteiger partial charge in [-0.05, 0) is 17.2 Å². The summed E-state index contributed by atoms with van der Waals surface area (Å²) in [6.07, 6.45) is 4.08. The molecule has 0 unspecified atom stereocenters. The molecule has 0 N–H and O–H groups in total. The molecule has 4 heteroatoms. The molecule has 4 nitrogen and oxygen atoms in total. The van der Waals surface area contributed by atoms with Crippen molar-refractivity contribution in [1.82, 2.24) is 10.1 Å². The van der Waals surface area contributed by atoms with Gasteiger partial charge in [0.2, 0.25) is 5.88 Å². The zero-order valence-electron chi connectivity index (χ0n) is 10.9. The average molecular weight is 266 g/mol. The van der Waals surface area contributed by atoms with E-state index in [1.54, 1.807) is 12.5 Å². The molecule has 0 radical (unpaired) electrons. The van der Waals surface area contributed by atoms with Crippen LogP contribution in [0.4, 0.5) is 0 Å². The highest BCUT2D eigenvalue weighted by Gasteiger charge is 2.01. The quantitative estimate of drug-likeness (QED) is 0.711. The SMILES string of the molecule is c1ccc(OCc2ccc(Cc3ccon3)cc2)nc1. The summed E-state index contributed by atoms with van der Waals surface area (Å²) in [6.45, 7) is 0.515. The summed E-state index contributed by atoms with van der Waals surface area (Å²) in [7, 11) is 0. The second kappa shape index (κ2) is 6.02. The molecule has 0 saturated heterocycles. The second-order valence-corrected chi connectivity index (χ2v) is 4.44. The molecule has 3 aromatic rings. The Morgan fingerprint density at radius 1 is 0.950 bits per heavy atom. The maximum atomic E-state index is 5.60. The first-order chi connectivity index (χ1) is 9.90. The molecule has 0 aliphatic heterocycles. The largest absolute Gasteiger partial charge is 0.473 e. The smallest absolute Gasteiger partial charge is 0.213 e. The van der Waals surface area contributed by atoms with Crippen molar-refractivity contribution in [2.45, 2.75) is 13.0 Å². The van der Waals surface area contributed by atoms with Gasteiger partial charge in [-0.15, -0.1) is 0 Å². The molecule has 0 atom stereocenters. The zero-order valence-corrected chi connectivity index (χ0v) is 10.9. The van der Waals surface area contributed by atoms with Crippen LogP contribution in [0.1, 0.15) is 16.8 Å². The van der Waals surface area contributed by atoms with Gasteiger partial charge in [0.25, 0.3) is 0 Å². The van der Waals surface area contributed by atoms with E-state index in [0.29, 0.717) is 12.5 Å². The molecule has 0 aliphatic rings. The van der Waals surface area contributed by atoms with Crippen LogP contribution in [0, 0.1) is 0 Å². The van der Waals surface area contributed by atoms with E-state index >= 15 is 0 Å². The molecule has 1 aromatic carbocycles. The Kier molecular flexibility index (Phi) is 3.73. The van der Waals surface area contributed by atoms with Crippen molar-refractivity contribution in [3.05, 3.63) is 77.8 Å². The number of rotatable bonds is 5. The van der Waals surface area contributed by atoms with Crippen LogP contribution in [0.15, 0.2) is 65.5 Å². The minimum atomic E-state index is 0.515. The third-order valence-corrected chi connectivity index (χ3v) is 2.92. The van der Waals surface area contributed by atoms with Gasteiger partial charge in [0.15, 0.2) is 0 Å². The fraction of sp³-hybridized carbons (Fsp3) is 0.125. The van der Waals surface area contributed by atoms with Crippen LogP contribution in [0.2, 0.25) is 0 Å². The van der Waals surface area contributed by atoms with Gasteiger partial charge in [0.1, 0.15) is 12.9 Å². The van der Waals surface area contributed by atoms with Crippen LogP contribution in [0.5, 0.6) is 5.88 Å². The van der Waals surface area contributed by atoms with E-state index in [0.717, 1.165) is 17.7 Å². The minimum absolute atomic E-state index is 0.515. The first kappa shape index (κ1) is 12.4. The molecule has 3 rings (SSSR count). The van der Waals surface area contributed by atoms with Crippen LogP contribution in [-0.4, -0.2) is 10.1 Å². The lowest BCUT2D eigenvalue weighted by molar-refractivity contribution is 0.294. The van der Waals surface area contributed by atoms with Gasteiger partial charge < -0.3 is 9.26 Å². The predicted octanol–water partition coefficient (Wildman–Crippen LogP) is 3.24. The standard InChI is InChI=1S/C16H14N2O2/c1-2-9-17-16(3-1)19-12-14-6-4-13(5-7-14)11-15-8-10-20-18-15/h1-10H,11-12H2. The molecule has 2 aromatic heterocycles. The lowest BCUT2D eigenvalue weighted by atomic mass is 10.1. The van der Waals surface area contributed by atoms with E-state index in [1.165, 1.54) is 5.56 Å². The topological polar surface area (TPSA) is 48.2 Å². The van der Waals surface area contributed by atoms with E-state index in [9.17, 15) is 0 Å². The summed E-state index contributed by atoms with van der Waals surface area (Å²) < 4.78 is 10.4. The van der Waals surface area contributed by atoms with Crippen LogP contribution >= 0.6 is 0 Å². The van der Waals surface area contributed by atoms with Crippen molar-refractivity contribution < 1.29 is 9.26 Å². The Labute approximate surface area is 117 Å². The van der Waals surface area contributed by atoms with Crippen molar-refractivity contribution >= 4 is 0 Å². The molecule has 0 spiro atoms. The van der Waals surface area contributed by atoms with Gasteiger partial charge >= 0.3 is 0 Å². The summed E-state index contributed by atoms with van der Waals surface area (Å²) in [4.78, 5) is 4.12. The van der Waals surface area contributed by atoms with Gasteiger partial charge in [-0.3, -0.25) is 0 Å². The molecular formula is C16H14N2O2. The van der Waals surface area contributed by atoms with Crippen LogP contribution in [-0.2, 0) is 13.0 Å². The maximum absolute atomic E-state index is 5.60. The lowest BCUT2D eigenvalue weighted by Gasteiger charge is -2.05. The van der Waals surface area contributed by atoms with Gasteiger partial charge in [-0.2, -0.15) is 0 Å². The molecule has 0 amide bonds. The average Bonchev–Trinajstić information content (AvgIpc) is 3.01. The van der Waals surface area contributed by atoms with E-state index in [4.69, 9.17) is 9.26 Å². The number of aromatic nitrogens is 2. The molecular weight excluding hydrogens is 252 g/mol. The summed E-state index contributed by atoms with van der Waals surface area (Å²) in [5.74, 6) is 0.638. The monoisotopic (exact) mass is 266 g/mol. The first-order valence-electron chi connectivity index (χ1n) is 6.41. The van der Waals surface area contributed by atoms with Gasteiger partial charge in [0.05, 0.1) is 5.69 Å². The highest BCUT2D eigenvalue weighted by molar-refractivity contribution is 5.25. The van der Waals surface area contributed by atoms with Gasteiger partial charge in [0, 0.05) is 24.8 Å². The Balaban J connectivity index is 1.59. The molecule has 0 aliphatic carbocycles. The van der Waals surface area contributed by atoms with E-state index in [1.807, 2.05) is 24.3 Å². The Hall–Kier alpha value is -2.62. The summed E-state index contributed by atoms with van der Waals surface area (Å²) >= 11 is 0. The molecule has 2 heterocycles. The summed E-state index contributed by atoms with van der Waals surface area (Å²) in [5.41, 5.74) is 3.24. The second-order valence-electron chi connectivity index (χ2n) is 4.44. The highest BCUT2D eigenvalue weighted by atomic mass is 16.5. The fourth-order valence-corrected chi connectivity index (χ4v) is 1.88. The van der Waals surface area contributed by atoms with E-state index in [-0.39, 0.29) is 0 Å².